The molecule has 0 bridgehead atoms. The van der Waals surface area contributed by atoms with Gasteiger partial charge < -0.3 is 10.2 Å². The number of nitrogens with zero attached hydrogens (tertiary/aromatic N) is 5. The Labute approximate surface area is 226 Å². The molecule has 2 amide bonds. The number of aryl methyl sites for hydroxylation is 1. The number of aromatic nitrogens is 2. The first-order chi connectivity index (χ1) is 18.7. The molecule has 39 heavy (non-hydrogen) atoms. The number of carbonyl (C=O) groups excluding carboxylic acids is 2. The average molecular weight is 545 g/mol. The first-order valence-corrected chi connectivity index (χ1v) is 13.2. The summed E-state index contributed by atoms with van der Waals surface area (Å²) in [6.45, 7) is 4.69. The molecule has 2 aromatic carbocycles. The van der Waals surface area contributed by atoms with Crippen LogP contribution < -0.4 is 10.2 Å². The molecule has 210 valence electrons. The van der Waals surface area contributed by atoms with Gasteiger partial charge in [0.25, 0.3) is 12.3 Å². The van der Waals surface area contributed by atoms with Crippen LogP contribution in [0.4, 0.5) is 18.9 Å². The van der Waals surface area contributed by atoms with E-state index in [0.717, 1.165) is 36.0 Å². The molecule has 2 heterocycles. The van der Waals surface area contributed by atoms with Crippen molar-refractivity contribution in [3.63, 3.8) is 0 Å². The number of amides is 2. The lowest BCUT2D eigenvalue weighted by Crippen LogP contribution is -2.48. The van der Waals surface area contributed by atoms with Crippen LogP contribution in [0.2, 0.25) is 0 Å². The first-order valence-electron chi connectivity index (χ1n) is 13.2. The number of hydrogen-bond donors (Lipinski definition) is 1. The van der Waals surface area contributed by atoms with E-state index in [4.69, 9.17) is 0 Å². The zero-order valence-corrected chi connectivity index (χ0v) is 22.6. The Morgan fingerprint density at radius 3 is 2.62 bits per heavy atom. The maximum atomic E-state index is 13.7. The van der Waals surface area contributed by atoms with E-state index in [1.807, 2.05) is 11.9 Å². The Balaban J connectivity index is 1.54. The van der Waals surface area contributed by atoms with Gasteiger partial charge in [0.05, 0.1) is 24.8 Å². The zero-order chi connectivity index (χ0) is 28.1. The van der Waals surface area contributed by atoms with Crippen molar-refractivity contribution in [3.05, 3.63) is 59.0 Å². The van der Waals surface area contributed by atoms with Crippen LogP contribution in [0, 0.1) is 12.7 Å². The molecule has 4 rings (SSSR count). The summed E-state index contributed by atoms with van der Waals surface area (Å²) >= 11 is 0. The van der Waals surface area contributed by atoms with E-state index >= 15 is 0 Å². The number of nitrogens with one attached hydrogen (secondary N) is 1. The molecular formula is C28H35F3N6O2. The second kappa shape index (κ2) is 12.5. The van der Waals surface area contributed by atoms with Gasteiger partial charge in [-0.3, -0.25) is 19.3 Å². The molecule has 11 heteroatoms. The third-order valence-electron chi connectivity index (χ3n) is 7.03. The van der Waals surface area contributed by atoms with Crippen molar-refractivity contribution >= 4 is 28.4 Å². The standard InChI is InChI=1S/C28H35F3N6O2/c1-4-5-6-9-32-27(38)17-35(24-12-21-13-33-37(16-26(30)31)25(21)10-19(24)2)18-28(39)34(3)36-14-20-7-8-23(29)11-22(20)15-36/h7-8,10-13,26H,4-6,9,14-18H2,1-3H3,(H,32,38). The molecule has 0 saturated carbocycles. The largest absolute Gasteiger partial charge is 0.355 e. The van der Waals surface area contributed by atoms with E-state index in [9.17, 15) is 22.8 Å². The van der Waals surface area contributed by atoms with Gasteiger partial charge in [-0.2, -0.15) is 5.10 Å². The lowest BCUT2D eigenvalue weighted by Gasteiger charge is -2.32. The van der Waals surface area contributed by atoms with Crippen LogP contribution in [0.25, 0.3) is 10.9 Å². The van der Waals surface area contributed by atoms with E-state index in [1.165, 1.54) is 28.0 Å². The quantitative estimate of drug-likeness (QED) is 0.345. The third-order valence-corrected chi connectivity index (χ3v) is 7.03. The fraction of sp³-hybridized carbons (Fsp3) is 0.464. The normalized spacial score (nSPS) is 13.2. The van der Waals surface area contributed by atoms with Crippen molar-refractivity contribution in [1.29, 1.82) is 0 Å². The third kappa shape index (κ3) is 6.89. The summed E-state index contributed by atoms with van der Waals surface area (Å²) in [5.74, 6) is -0.767. The Morgan fingerprint density at radius 1 is 1.10 bits per heavy atom. The van der Waals surface area contributed by atoms with E-state index in [1.54, 1.807) is 30.1 Å². The number of hydrogen-bond acceptors (Lipinski definition) is 5. The van der Waals surface area contributed by atoms with Gasteiger partial charge in [-0.1, -0.05) is 25.8 Å². The van der Waals surface area contributed by atoms with Crippen LogP contribution in [0.15, 0.2) is 36.5 Å². The number of hydrazine groups is 1. The molecule has 3 aromatic rings. The highest BCUT2D eigenvalue weighted by Gasteiger charge is 2.27. The van der Waals surface area contributed by atoms with Gasteiger partial charge in [0.2, 0.25) is 5.91 Å². The van der Waals surface area contributed by atoms with Crippen molar-refractivity contribution in [1.82, 2.24) is 25.1 Å². The molecule has 1 aliphatic rings. The van der Waals surface area contributed by atoms with Gasteiger partial charge in [0, 0.05) is 37.8 Å². The molecule has 0 unspecified atom stereocenters. The number of benzene rings is 2. The van der Waals surface area contributed by atoms with Gasteiger partial charge in [0.1, 0.15) is 12.4 Å². The van der Waals surface area contributed by atoms with Crippen molar-refractivity contribution < 1.29 is 22.8 Å². The van der Waals surface area contributed by atoms with Gasteiger partial charge in [-0.05, 0) is 54.3 Å². The highest BCUT2D eigenvalue weighted by Crippen LogP contribution is 2.28. The summed E-state index contributed by atoms with van der Waals surface area (Å²) < 4.78 is 41.0. The van der Waals surface area contributed by atoms with Crippen molar-refractivity contribution in [2.45, 2.75) is 59.2 Å². The van der Waals surface area contributed by atoms with Crippen molar-refractivity contribution in [2.75, 3.05) is 31.6 Å². The van der Waals surface area contributed by atoms with Crippen LogP contribution in [0.3, 0.4) is 0 Å². The monoisotopic (exact) mass is 544 g/mol. The van der Waals surface area contributed by atoms with Crippen LogP contribution in [-0.2, 0) is 29.2 Å². The fourth-order valence-electron chi connectivity index (χ4n) is 4.87. The summed E-state index contributed by atoms with van der Waals surface area (Å²) in [7, 11) is 1.66. The first kappa shape index (κ1) is 28.4. The Morgan fingerprint density at radius 2 is 1.87 bits per heavy atom. The van der Waals surface area contributed by atoms with Crippen LogP contribution in [-0.4, -0.2) is 64.7 Å². The lowest BCUT2D eigenvalue weighted by atomic mass is 10.1. The molecule has 0 radical (unpaired) electrons. The molecule has 1 N–H and O–H groups in total. The molecule has 8 nitrogen and oxygen atoms in total. The molecule has 0 aliphatic carbocycles. The summed E-state index contributed by atoms with van der Waals surface area (Å²) in [5, 5.41) is 11.0. The minimum Gasteiger partial charge on any atom is -0.355 e. The molecule has 0 saturated heterocycles. The number of unbranched alkanes of at least 4 members (excludes halogenated alkanes) is 2. The lowest BCUT2D eigenvalue weighted by molar-refractivity contribution is -0.145. The van der Waals surface area contributed by atoms with E-state index in [0.29, 0.717) is 36.2 Å². The Bertz CT molecular complexity index is 1330. The second-order valence-electron chi connectivity index (χ2n) is 9.98. The number of anilines is 1. The summed E-state index contributed by atoms with van der Waals surface area (Å²) in [6.07, 6.45) is 1.89. The minimum absolute atomic E-state index is 0.0470. The predicted octanol–water partition coefficient (Wildman–Crippen LogP) is 4.25. The van der Waals surface area contributed by atoms with E-state index in [2.05, 4.69) is 17.3 Å². The molecule has 0 fully saturated rings. The highest BCUT2D eigenvalue weighted by molar-refractivity contribution is 5.90. The SMILES string of the molecule is CCCCCNC(=O)CN(CC(=O)N(C)N1Cc2ccc(F)cc2C1)c1cc2cnn(CC(F)F)c2cc1C. The number of rotatable bonds is 12. The molecule has 1 aliphatic heterocycles. The number of carbonyl (C=O) groups is 2. The Hall–Kier alpha value is -3.60. The number of likely N-dealkylation sites (N-methyl/N-ethyl adjacent to an activating group) is 1. The second-order valence-corrected chi connectivity index (χ2v) is 9.98. The van der Waals surface area contributed by atoms with Crippen LogP contribution in [0.5, 0.6) is 0 Å². The predicted molar refractivity (Wildman–Crippen MR) is 144 cm³/mol. The minimum atomic E-state index is -2.54. The fourth-order valence-corrected chi connectivity index (χ4v) is 4.87. The number of halogens is 3. The zero-order valence-electron chi connectivity index (χ0n) is 22.6. The summed E-state index contributed by atoms with van der Waals surface area (Å²) in [6, 6.07) is 8.16. The van der Waals surface area contributed by atoms with Gasteiger partial charge >= 0.3 is 0 Å². The van der Waals surface area contributed by atoms with Crippen molar-refractivity contribution in [3.8, 4) is 0 Å². The topological polar surface area (TPSA) is 73.7 Å². The molecule has 1 aromatic heterocycles. The van der Waals surface area contributed by atoms with Crippen LogP contribution in [0.1, 0.15) is 42.9 Å². The molecule has 0 spiro atoms. The van der Waals surface area contributed by atoms with E-state index < -0.39 is 13.0 Å². The van der Waals surface area contributed by atoms with Gasteiger partial charge in [-0.25, -0.2) is 18.2 Å². The van der Waals surface area contributed by atoms with Gasteiger partial charge in [-0.15, -0.1) is 0 Å². The smallest absolute Gasteiger partial charge is 0.257 e. The maximum absolute atomic E-state index is 13.7. The van der Waals surface area contributed by atoms with E-state index in [-0.39, 0.29) is 30.7 Å². The molecular weight excluding hydrogens is 509 g/mol. The van der Waals surface area contributed by atoms with Crippen LogP contribution >= 0.6 is 0 Å². The highest BCUT2D eigenvalue weighted by atomic mass is 19.3. The Kier molecular flexibility index (Phi) is 9.11. The summed E-state index contributed by atoms with van der Waals surface area (Å²) in [4.78, 5) is 28.0. The number of fused-ring (bicyclic) bond motifs is 2. The van der Waals surface area contributed by atoms with Gasteiger partial charge in [0.15, 0.2) is 0 Å². The van der Waals surface area contributed by atoms with Crippen molar-refractivity contribution in [2.24, 2.45) is 0 Å². The maximum Gasteiger partial charge on any atom is 0.257 e. The average Bonchev–Trinajstić information content (AvgIpc) is 3.48. The molecule has 0 atom stereocenters. The summed E-state index contributed by atoms with van der Waals surface area (Å²) in [5.41, 5.74) is 3.74. The number of alkyl halides is 2.